The molecule has 0 aromatic heterocycles. The Balaban J connectivity index is 2.82. The minimum Gasteiger partial charge on any atom is -0.252 e. The average molecular weight is 413 g/mol. The lowest BCUT2D eigenvalue weighted by Gasteiger charge is -2.21. The lowest BCUT2D eigenvalue weighted by atomic mass is 10.1. The maximum absolute atomic E-state index is 5.82. The highest BCUT2D eigenvalue weighted by molar-refractivity contribution is 14.1. The van der Waals surface area contributed by atoms with Gasteiger partial charge in [-0.1, -0.05) is 49.5 Å². The van der Waals surface area contributed by atoms with Gasteiger partial charge in [0.25, 0.3) is 0 Å². The summed E-state index contributed by atoms with van der Waals surface area (Å²) >= 11 is 14.9. The normalized spacial score (nSPS) is 31.3. The topological polar surface area (TPSA) is 12.0 Å². The summed E-state index contributed by atoms with van der Waals surface area (Å²) in [6, 6.07) is 0.276. The molecule has 1 nitrogen and oxygen atoms in total. The molecular weight excluding hydrogens is 408 g/mol. The van der Waals surface area contributed by atoms with Crippen molar-refractivity contribution in [2.24, 2.45) is 0 Å². The van der Waals surface area contributed by atoms with Gasteiger partial charge in [0, 0.05) is 32.4 Å². The molecule has 0 saturated heterocycles. The van der Waals surface area contributed by atoms with E-state index in [2.05, 4.69) is 58.3 Å². The fraction of sp³-hybridized carbons (Fsp3) is 0.333. The number of allylic oxidation sites excluding steroid dienone is 2. The first kappa shape index (κ1) is 10.5. The first-order valence-electron chi connectivity index (χ1n) is 2.90. The zero-order valence-corrected chi connectivity index (χ0v) is 11.4. The largest absolute Gasteiger partial charge is 0.252 e. The summed E-state index contributed by atoms with van der Waals surface area (Å²) in [5.41, 5.74) is 0. The van der Waals surface area contributed by atoms with Crippen LogP contribution in [-0.2, 0) is 0 Å². The van der Waals surface area contributed by atoms with Crippen molar-refractivity contribution >= 4 is 66.3 Å². The Morgan fingerprint density at radius 3 is 2.73 bits per heavy atom. The van der Waals surface area contributed by atoms with Crippen LogP contribution in [0.4, 0.5) is 0 Å². The van der Waals surface area contributed by atoms with Crippen LogP contribution in [0.25, 0.3) is 0 Å². The molecule has 1 aliphatic rings. The molecular formula is C6H5Br2ClIN. The summed E-state index contributed by atoms with van der Waals surface area (Å²) < 4.78 is 4.20. The molecule has 0 aromatic carbocycles. The molecule has 1 N–H and O–H groups in total. The number of halogens is 4. The fourth-order valence-electron chi connectivity index (χ4n) is 0.782. The molecule has 0 fully saturated rings. The first-order valence-corrected chi connectivity index (χ1v) is 6.06. The molecule has 0 aliphatic heterocycles. The highest BCUT2D eigenvalue weighted by Gasteiger charge is 2.22. The molecule has 0 radical (unpaired) electrons. The van der Waals surface area contributed by atoms with Gasteiger partial charge in [-0.15, -0.1) is 0 Å². The summed E-state index contributed by atoms with van der Waals surface area (Å²) in [5, 5.41) is 0.765. The first-order chi connectivity index (χ1) is 5.15. The van der Waals surface area contributed by atoms with Gasteiger partial charge in [0.05, 0.1) is 10.9 Å². The summed E-state index contributed by atoms with van der Waals surface area (Å²) in [7, 11) is 0. The number of alkyl halides is 1. The van der Waals surface area contributed by atoms with Gasteiger partial charge in [-0.3, -0.25) is 3.53 Å². The highest BCUT2D eigenvalue weighted by Crippen LogP contribution is 2.29. The zero-order valence-electron chi connectivity index (χ0n) is 5.32. The van der Waals surface area contributed by atoms with Crippen molar-refractivity contribution in [2.45, 2.75) is 10.9 Å². The van der Waals surface area contributed by atoms with Gasteiger partial charge in [0.15, 0.2) is 0 Å². The van der Waals surface area contributed by atoms with E-state index in [4.69, 9.17) is 11.6 Å². The Hall–Kier alpha value is 1.42. The molecule has 0 bridgehead atoms. The minimum absolute atomic E-state index is 0.256. The van der Waals surface area contributed by atoms with Crippen LogP contribution in [0.2, 0.25) is 0 Å². The SMILES string of the molecule is ClC1=CC(Br)C(NI)C(Br)=C1. The van der Waals surface area contributed by atoms with E-state index < -0.39 is 0 Å². The predicted octanol–water partition coefficient (Wildman–Crippen LogP) is 3.47. The molecule has 2 unspecified atom stereocenters. The third-order valence-electron chi connectivity index (χ3n) is 1.33. The molecule has 1 aliphatic carbocycles. The van der Waals surface area contributed by atoms with Crippen molar-refractivity contribution in [3.63, 3.8) is 0 Å². The van der Waals surface area contributed by atoms with Crippen molar-refractivity contribution in [3.05, 3.63) is 21.7 Å². The van der Waals surface area contributed by atoms with Crippen LogP contribution in [0.3, 0.4) is 0 Å². The van der Waals surface area contributed by atoms with E-state index in [1.165, 1.54) is 0 Å². The Labute approximate surface area is 101 Å². The lowest BCUT2D eigenvalue weighted by molar-refractivity contribution is 0.803. The number of hydrogen-bond acceptors (Lipinski definition) is 1. The van der Waals surface area contributed by atoms with Crippen molar-refractivity contribution in [1.82, 2.24) is 3.53 Å². The third kappa shape index (κ3) is 2.69. The van der Waals surface area contributed by atoms with Crippen molar-refractivity contribution in [2.75, 3.05) is 0 Å². The van der Waals surface area contributed by atoms with Crippen LogP contribution >= 0.6 is 66.3 Å². The van der Waals surface area contributed by atoms with Gasteiger partial charge < -0.3 is 0 Å². The second-order valence-electron chi connectivity index (χ2n) is 2.11. The van der Waals surface area contributed by atoms with Crippen LogP contribution in [-0.4, -0.2) is 10.9 Å². The monoisotopic (exact) mass is 411 g/mol. The van der Waals surface area contributed by atoms with Crippen LogP contribution in [0.5, 0.6) is 0 Å². The van der Waals surface area contributed by atoms with E-state index in [0.717, 1.165) is 9.51 Å². The standard InChI is InChI=1S/C6H5Br2ClIN/c7-4-1-3(9)2-5(8)6(4)11-10/h1-2,4,6,11H. The second-order valence-corrected chi connectivity index (χ2v) is 5.14. The number of nitrogens with one attached hydrogen (secondary N) is 1. The van der Waals surface area contributed by atoms with Crippen molar-refractivity contribution in [1.29, 1.82) is 0 Å². The van der Waals surface area contributed by atoms with Gasteiger partial charge in [-0.2, -0.15) is 0 Å². The Morgan fingerprint density at radius 2 is 2.27 bits per heavy atom. The fourth-order valence-corrected chi connectivity index (χ4v) is 4.67. The van der Waals surface area contributed by atoms with Crippen LogP contribution in [0.1, 0.15) is 0 Å². The minimum atomic E-state index is 0.256. The molecule has 0 amide bonds. The Kier molecular flexibility index (Phi) is 4.39. The smallest absolute Gasteiger partial charge is 0.0639 e. The second kappa shape index (κ2) is 4.60. The summed E-state index contributed by atoms with van der Waals surface area (Å²) in [4.78, 5) is 0.256. The van der Waals surface area contributed by atoms with Gasteiger partial charge in [0.1, 0.15) is 0 Å². The molecule has 0 saturated carbocycles. The van der Waals surface area contributed by atoms with Crippen molar-refractivity contribution in [3.8, 4) is 0 Å². The zero-order chi connectivity index (χ0) is 8.43. The van der Waals surface area contributed by atoms with Gasteiger partial charge in [0.2, 0.25) is 0 Å². The molecule has 11 heavy (non-hydrogen) atoms. The lowest BCUT2D eigenvalue weighted by Crippen LogP contribution is -2.31. The van der Waals surface area contributed by atoms with E-state index in [-0.39, 0.29) is 10.9 Å². The summed E-state index contributed by atoms with van der Waals surface area (Å²) in [6.07, 6.45) is 3.86. The Bertz CT molecular complexity index is 217. The molecule has 62 valence electrons. The van der Waals surface area contributed by atoms with E-state index in [9.17, 15) is 0 Å². The molecule has 0 spiro atoms. The van der Waals surface area contributed by atoms with Crippen LogP contribution < -0.4 is 3.53 Å². The number of hydrogen-bond donors (Lipinski definition) is 1. The third-order valence-corrected chi connectivity index (χ3v) is 3.75. The molecule has 1 rings (SSSR count). The average Bonchev–Trinajstić information content (AvgIpc) is 1.85. The maximum Gasteiger partial charge on any atom is 0.0639 e. The van der Waals surface area contributed by atoms with E-state index in [1.807, 2.05) is 12.2 Å². The molecule has 0 aromatic rings. The number of rotatable bonds is 1. The maximum atomic E-state index is 5.82. The van der Waals surface area contributed by atoms with Gasteiger partial charge in [-0.25, -0.2) is 0 Å². The van der Waals surface area contributed by atoms with Gasteiger partial charge >= 0.3 is 0 Å². The molecule has 2 atom stereocenters. The van der Waals surface area contributed by atoms with E-state index >= 15 is 0 Å². The molecule has 5 heteroatoms. The summed E-state index contributed by atoms with van der Waals surface area (Å²) in [5.74, 6) is 0. The van der Waals surface area contributed by atoms with Crippen LogP contribution in [0, 0.1) is 0 Å². The molecule has 0 heterocycles. The van der Waals surface area contributed by atoms with Gasteiger partial charge in [-0.05, 0) is 6.08 Å². The quantitative estimate of drug-likeness (QED) is 0.395. The highest BCUT2D eigenvalue weighted by atomic mass is 127. The van der Waals surface area contributed by atoms with Crippen molar-refractivity contribution < 1.29 is 0 Å². The predicted molar refractivity (Wildman–Crippen MR) is 64.6 cm³/mol. The van der Waals surface area contributed by atoms with E-state index in [1.54, 1.807) is 0 Å². The van der Waals surface area contributed by atoms with Crippen LogP contribution in [0.15, 0.2) is 21.7 Å². The van der Waals surface area contributed by atoms with E-state index in [0.29, 0.717) is 0 Å². The summed E-state index contributed by atoms with van der Waals surface area (Å²) in [6.45, 7) is 0. The Morgan fingerprint density at radius 1 is 1.64 bits per heavy atom.